The zero-order chi connectivity index (χ0) is 16.9. The Labute approximate surface area is 143 Å². The van der Waals surface area contributed by atoms with Gasteiger partial charge in [-0.2, -0.15) is 0 Å². The SMILES string of the molecule is CC(C)(CC(=O)NCC(=O)N1CCCCC1)c1ccc(Cl)cc1. The number of hydrogen-bond donors (Lipinski definition) is 1. The average molecular weight is 337 g/mol. The lowest BCUT2D eigenvalue weighted by atomic mass is 9.81. The fourth-order valence-corrected chi connectivity index (χ4v) is 3.02. The molecule has 1 aromatic carbocycles. The molecule has 5 heteroatoms. The van der Waals surface area contributed by atoms with Crippen molar-refractivity contribution in [1.29, 1.82) is 0 Å². The maximum absolute atomic E-state index is 12.2. The summed E-state index contributed by atoms with van der Waals surface area (Å²) in [5.41, 5.74) is 0.752. The number of halogens is 1. The van der Waals surface area contributed by atoms with E-state index in [-0.39, 0.29) is 23.8 Å². The van der Waals surface area contributed by atoms with Crippen molar-refractivity contribution in [1.82, 2.24) is 10.2 Å². The van der Waals surface area contributed by atoms with Crippen LogP contribution >= 0.6 is 11.6 Å². The monoisotopic (exact) mass is 336 g/mol. The van der Waals surface area contributed by atoms with E-state index in [1.165, 1.54) is 6.42 Å². The minimum Gasteiger partial charge on any atom is -0.347 e. The predicted octanol–water partition coefficient (Wildman–Crippen LogP) is 3.14. The van der Waals surface area contributed by atoms with Gasteiger partial charge < -0.3 is 10.2 Å². The van der Waals surface area contributed by atoms with Gasteiger partial charge >= 0.3 is 0 Å². The Bertz CT molecular complexity index is 549. The van der Waals surface area contributed by atoms with Crippen LogP contribution in [0.25, 0.3) is 0 Å². The Morgan fingerprint density at radius 2 is 1.74 bits per heavy atom. The molecule has 0 aliphatic carbocycles. The normalized spacial score (nSPS) is 15.3. The lowest BCUT2D eigenvalue weighted by Crippen LogP contribution is -2.43. The molecule has 0 saturated carbocycles. The summed E-state index contributed by atoms with van der Waals surface area (Å²) in [6.45, 7) is 5.75. The van der Waals surface area contributed by atoms with Gasteiger partial charge in [-0.1, -0.05) is 37.6 Å². The molecule has 1 saturated heterocycles. The van der Waals surface area contributed by atoms with E-state index in [9.17, 15) is 9.59 Å². The van der Waals surface area contributed by atoms with Crippen LogP contribution in [0.3, 0.4) is 0 Å². The molecule has 1 fully saturated rings. The van der Waals surface area contributed by atoms with Crippen LogP contribution in [-0.2, 0) is 15.0 Å². The van der Waals surface area contributed by atoms with Gasteiger partial charge in [0.2, 0.25) is 11.8 Å². The zero-order valence-electron chi connectivity index (χ0n) is 13.9. The molecule has 0 spiro atoms. The Morgan fingerprint density at radius 3 is 2.35 bits per heavy atom. The van der Waals surface area contributed by atoms with Crippen molar-refractivity contribution in [2.45, 2.75) is 44.9 Å². The molecule has 126 valence electrons. The highest BCUT2D eigenvalue weighted by Crippen LogP contribution is 2.27. The summed E-state index contributed by atoms with van der Waals surface area (Å²) in [5.74, 6) is -0.0855. The first-order valence-corrected chi connectivity index (χ1v) is 8.57. The molecule has 1 heterocycles. The summed E-state index contributed by atoms with van der Waals surface area (Å²) < 4.78 is 0. The maximum Gasteiger partial charge on any atom is 0.241 e. The van der Waals surface area contributed by atoms with Crippen LogP contribution in [-0.4, -0.2) is 36.3 Å². The smallest absolute Gasteiger partial charge is 0.241 e. The van der Waals surface area contributed by atoms with Gasteiger partial charge in [-0.25, -0.2) is 0 Å². The highest BCUT2D eigenvalue weighted by atomic mass is 35.5. The van der Waals surface area contributed by atoms with Gasteiger partial charge in [0, 0.05) is 24.5 Å². The van der Waals surface area contributed by atoms with Gasteiger partial charge in [-0.15, -0.1) is 0 Å². The number of piperidine rings is 1. The third-order valence-electron chi connectivity index (χ3n) is 4.37. The van der Waals surface area contributed by atoms with Crippen molar-refractivity contribution in [2.24, 2.45) is 0 Å². The molecule has 1 N–H and O–H groups in total. The lowest BCUT2D eigenvalue weighted by Gasteiger charge is -2.27. The van der Waals surface area contributed by atoms with Crippen LogP contribution in [0.4, 0.5) is 0 Å². The number of nitrogens with one attached hydrogen (secondary N) is 1. The van der Waals surface area contributed by atoms with Crippen LogP contribution in [0, 0.1) is 0 Å². The third kappa shape index (κ3) is 5.24. The Balaban J connectivity index is 1.83. The first-order valence-electron chi connectivity index (χ1n) is 8.19. The van der Waals surface area contributed by atoms with E-state index in [1.54, 1.807) is 0 Å². The number of rotatable bonds is 5. The second-order valence-electron chi connectivity index (χ2n) is 6.79. The summed E-state index contributed by atoms with van der Waals surface area (Å²) in [4.78, 5) is 26.1. The van der Waals surface area contributed by atoms with Gasteiger partial charge in [0.25, 0.3) is 0 Å². The second kappa shape index (κ2) is 7.82. The van der Waals surface area contributed by atoms with Crippen molar-refractivity contribution in [3.63, 3.8) is 0 Å². The quantitative estimate of drug-likeness (QED) is 0.898. The van der Waals surface area contributed by atoms with Crippen LogP contribution in [0.2, 0.25) is 5.02 Å². The van der Waals surface area contributed by atoms with Crippen molar-refractivity contribution in [2.75, 3.05) is 19.6 Å². The predicted molar refractivity (Wildman–Crippen MR) is 92.5 cm³/mol. The molecule has 1 aliphatic heterocycles. The van der Waals surface area contributed by atoms with Crippen LogP contribution in [0.15, 0.2) is 24.3 Å². The minimum atomic E-state index is -0.303. The summed E-state index contributed by atoms with van der Waals surface area (Å²) >= 11 is 5.90. The molecule has 4 nitrogen and oxygen atoms in total. The summed E-state index contributed by atoms with van der Waals surface area (Å²) in [7, 11) is 0. The van der Waals surface area contributed by atoms with Gasteiger partial charge in [0.1, 0.15) is 0 Å². The van der Waals surface area contributed by atoms with E-state index in [0.717, 1.165) is 31.5 Å². The average Bonchev–Trinajstić information content (AvgIpc) is 2.53. The maximum atomic E-state index is 12.2. The molecule has 2 rings (SSSR count). The van der Waals surface area contributed by atoms with Crippen LogP contribution in [0.1, 0.15) is 45.1 Å². The molecule has 23 heavy (non-hydrogen) atoms. The van der Waals surface area contributed by atoms with E-state index < -0.39 is 0 Å². The van der Waals surface area contributed by atoms with Crippen molar-refractivity contribution in [3.8, 4) is 0 Å². The number of hydrogen-bond acceptors (Lipinski definition) is 2. The summed E-state index contributed by atoms with van der Waals surface area (Å²) in [6, 6.07) is 7.54. The molecule has 1 aromatic rings. The minimum absolute atomic E-state index is 0.0161. The first kappa shape index (κ1) is 17.8. The number of carbonyl (C=O) groups is 2. The standard InChI is InChI=1S/C18H25ClN2O2/c1-18(2,14-6-8-15(19)9-7-14)12-16(22)20-13-17(23)21-10-4-3-5-11-21/h6-9H,3-5,10-13H2,1-2H3,(H,20,22). The molecule has 0 aromatic heterocycles. The molecular weight excluding hydrogens is 312 g/mol. The largest absolute Gasteiger partial charge is 0.347 e. The molecule has 2 amide bonds. The summed E-state index contributed by atoms with van der Waals surface area (Å²) in [5, 5.41) is 3.44. The van der Waals surface area contributed by atoms with Gasteiger partial charge in [-0.3, -0.25) is 9.59 Å². The fourth-order valence-electron chi connectivity index (χ4n) is 2.90. The Hall–Kier alpha value is -1.55. The van der Waals surface area contributed by atoms with E-state index in [2.05, 4.69) is 5.32 Å². The Morgan fingerprint density at radius 1 is 1.13 bits per heavy atom. The molecule has 0 radical (unpaired) electrons. The molecule has 0 atom stereocenters. The lowest BCUT2D eigenvalue weighted by molar-refractivity contribution is -0.133. The Kier molecular flexibility index (Phi) is 6.05. The fraction of sp³-hybridized carbons (Fsp3) is 0.556. The van der Waals surface area contributed by atoms with Gasteiger partial charge in [0.15, 0.2) is 0 Å². The zero-order valence-corrected chi connectivity index (χ0v) is 14.7. The van der Waals surface area contributed by atoms with Crippen LogP contribution in [0.5, 0.6) is 0 Å². The third-order valence-corrected chi connectivity index (χ3v) is 4.63. The highest BCUT2D eigenvalue weighted by molar-refractivity contribution is 6.30. The number of nitrogens with zero attached hydrogens (tertiary/aromatic N) is 1. The number of benzene rings is 1. The van der Waals surface area contributed by atoms with Gasteiger partial charge in [-0.05, 0) is 42.4 Å². The summed E-state index contributed by atoms with van der Waals surface area (Å²) in [6.07, 6.45) is 3.64. The molecule has 0 unspecified atom stereocenters. The second-order valence-corrected chi connectivity index (χ2v) is 7.22. The highest BCUT2D eigenvalue weighted by Gasteiger charge is 2.25. The van der Waals surface area contributed by atoms with Crippen molar-refractivity contribution in [3.05, 3.63) is 34.9 Å². The topological polar surface area (TPSA) is 49.4 Å². The van der Waals surface area contributed by atoms with E-state index in [1.807, 2.05) is 43.0 Å². The van der Waals surface area contributed by atoms with Gasteiger partial charge in [0.05, 0.1) is 6.54 Å². The molecule has 0 bridgehead atoms. The number of amides is 2. The van der Waals surface area contributed by atoms with Crippen LogP contribution < -0.4 is 5.32 Å². The van der Waals surface area contributed by atoms with E-state index in [0.29, 0.717) is 11.4 Å². The number of likely N-dealkylation sites (tertiary alicyclic amines) is 1. The molecule has 1 aliphatic rings. The van der Waals surface area contributed by atoms with Crippen molar-refractivity contribution < 1.29 is 9.59 Å². The van der Waals surface area contributed by atoms with E-state index >= 15 is 0 Å². The van der Waals surface area contributed by atoms with E-state index in [4.69, 9.17) is 11.6 Å². The number of carbonyl (C=O) groups excluding carboxylic acids is 2. The molecular formula is C18H25ClN2O2. The van der Waals surface area contributed by atoms with Crippen molar-refractivity contribution >= 4 is 23.4 Å². The first-order chi connectivity index (χ1) is 10.9.